The van der Waals surface area contributed by atoms with Crippen molar-refractivity contribution in [3.63, 3.8) is 0 Å². The normalized spacial score (nSPS) is 11.5. The van der Waals surface area contributed by atoms with Crippen molar-refractivity contribution in [2.45, 2.75) is 16.7 Å². The first-order valence-corrected chi connectivity index (χ1v) is 8.42. The van der Waals surface area contributed by atoms with E-state index in [2.05, 4.69) is 10.2 Å². The van der Waals surface area contributed by atoms with Gasteiger partial charge in [-0.2, -0.15) is 5.10 Å². The van der Waals surface area contributed by atoms with E-state index in [0.29, 0.717) is 9.67 Å². The van der Waals surface area contributed by atoms with Crippen LogP contribution >= 0.6 is 12.2 Å². The molecule has 0 bridgehead atoms. The van der Waals surface area contributed by atoms with Gasteiger partial charge >= 0.3 is 0 Å². The molecule has 0 unspecified atom stereocenters. The molecule has 1 heterocycles. The third kappa shape index (κ3) is 2.60. The second-order valence-corrected chi connectivity index (χ2v) is 7.18. The van der Waals surface area contributed by atoms with Crippen LogP contribution in [0.5, 0.6) is 0 Å². The lowest BCUT2D eigenvalue weighted by Gasteiger charge is -2.07. The number of aryl methyl sites for hydroxylation is 1. The van der Waals surface area contributed by atoms with Gasteiger partial charge in [-0.05, 0) is 61.1 Å². The van der Waals surface area contributed by atoms with Crippen LogP contribution in [0.15, 0.2) is 64.6 Å². The minimum absolute atomic E-state index is 0.247. The van der Waals surface area contributed by atoms with Gasteiger partial charge in [0.05, 0.1) is 9.79 Å². The summed E-state index contributed by atoms with van der Waals surface area (Å²) in [5, 5.41) is 6.50. The molecule has 7 heteroatoms. The van der Waals surface area contributed by atoms with E-state index in [9.17, 15) is 8.42 Å². The van der Waals surface area contributed by atoms with Gasteiger partial charge in [0.25, 0.3) is 0 Å². The fraction of sp³-hybridized carbons (Fsp3) is 0.0667. The van der Waals surface area contributed by atoms with Crippen molar-refractivity contribution in [3.05, 3.63) is 65.2 Å². The Labute approximate surface area is 133 Å². The minimum atomic E-state index is -3.52. The Bertz CT molecular complexity index is 970. The maximum absolute atomic E-state index is 12.6. The lowest BCUT2D eigenvalue weighted by Crippen LogP contribution is -2.03. The summed E-state index contributed by atoms with van der Waals surface area (Å²) >= 11 is 5.09. The number of sulfone groups is 1. The zero-order chi connectivity index (χ0) is 15.7. The zero-order valence-corrected chi connectivity index (χ0v) is 13.4. The first-order valence-electron chi connectivity index (χ1n) is 6.53. The average molecular weight is 331 g/mol. The van der Waals surface area contributed by atoms with Gasteiger partial charge in [-0.3, -0.25) is 9.67 Å². The SMILES string of the molecule is Cc1cccc(S(=O)(=O)c2ccc(-n3cn[nH]c3=S)cc2)c1. The lowest BCUT2D eigenvalue weighted by molar-refractivity contribution is 0.596. The van der Waals surface area contributed by atoms with Crippen LogP contribution < -0.4 is 0 Å². The van der Waals surface area contributed by atoms with E-state index in [0.717, 1.165) is 11.3 Å². The van der Waals surface area contributed by atoms with Crippen LogP contribution in [0.25, 0.3) is 5.69 Å². The maximum atomic E-state index is 12.6. The Morgan fingerprint density at radius 1 is 1.09 bits per heavy atom. The smallest absolute Gasteiger partial charge is 0.206 e. The summed E-state index contributed by atoms with van der Waals surface area (Å²) in [7, 11) is -3.52. The molecule has 3 rings (SSSR count). The highest BCUT2D eigenvalue weighted by atomic mass is 32.2. The second-order valence-electron chi connectivity index (χ2n) is 4.85. The molecule has 0 saturated heterocycles. The molecule has 0 atom stereocenters. The van der Waals surface area contributed by atoms with Crippen molar-refractivity contribution in [2.24, 2.45) is 0 Å². The number of benzene rings is 2. The molecule has 5 nitrogen and oxygen atoms in total. The molecule has 1 aromatic heterocycles. The van der Waals surface area contributed by atoms with Gasteiger partial charge in [0.1, 0.15) is 6.33 Å². The predicted molar refractivity (Wildman–Crippen MR) is 85.4 cm³/mol. The predicted octanol–water partition coefficient (Wildman–Crippen LogP) is 3.07. The van der Waals surface area contributed by atoms with Crippen LogP contribution in [-0.2, 0) is 9.84 Å². The molecule has 0 aliphatic carbocycles. The number of aromatic nitrogens is 3. The summed E-state index contributed by atoms with van der Waals surface area (Å²) in [6.07, 6.45) is 1.55. The highest BCUT2D eigenvalue weighted by molar-refractivity contribution is 7.91. The fourth-order valence-corrected chi connectivity index (χ4v) is 3.71. The summed E-state index contributed by atoms with van der Waals surface area (Å²) in [6, 6.07) is 13.4. The van der Waals surface area contributed by atoms with Crippen LogP contribution in [0, 0.1) is 11.7 Å². The van der Waals surface area contributed by atoms with Gasteiger partial charge in [0.15, 0.2) is 4.77 Å². The average Bonchev–Trinajstić information content (AvgIpc) is 2.93. The van der Waals surface area contributed by atoms with Crippen molar-refractivity contribution >= 4 is 22.1 Å². The van der Waals surface area contributed by atoms with Crippen LogP contribution in [0.2, 0.25) is 0 Å². The van der Waals surface area contributed by atoms with Crippen molar-refractivity contribution in [1.29, 1.82) is 0 Å². The van der Waals surface area contributed by atoms with E-state index in [1.165, 1.54) is 0 Å². The molecule has 0 radical (unpaired) electrons. The van der Waals surface area contributed by atoms with Crippen LogP contribution in [0.4, 0.5) is 0 Å². The Morgan fingerprint density at radius 3 is 2.41 bits per heavy atom. The number of hydrogen-bond donors (Lipinski definition) is 1. The minimum Gasteiger partial charge on any atom is -0.275 e. The Kier molecular flexibility index (Phi) is 3.67. The maximum Gasteiger partial charge on any atom is 0.206 e. The molecule has 0 aliphatic rings. The molecular formula is C15H13N3O2S2. The zero-order valence-electron chi connectivity index (χ0n) is 11.7. The number of nitrogens with one attached hydrogen (secondary N) is 1. The third-order valence-corrected chi connectivity index (χ3v) is 5.33. The summed E-state index contributed by atoms with van der Waals surface area (Å²) in [5.41, 5.74) is 1.66. The standard InChI is InChI=1S/C15H13N3O2S2/c1-11-3-2-4-14(9-11)22(19,20)13-7-5-12(6-8-13)18-10-16-17-15(18)21/h2-10H,1H3,(H,17,21). The highest BCUT2D eigenvalue weighted by Crippen LogP contribution is 2.22. The van der Waals surface area contributed by atoms with E-state index in [-0.39, 0.29) is 4.90 Å². The number of hydrogen-bond acceptors (Lipinski definition) is 4. The van der Waals surface area contributed by atoms with E-state index in [4.69, 9.17) is 12.2 Å². The van der Waals surface area contributed by atoms with Gasteiger partial charge in [-0.25, -0.2) is 8.42 Å². The van der Waals surface area contributed by atoms with Gasteiger partial charge in [-0.1, -0.05) is 12.1 Å². The molecule has 1 N–H and O–H groups in total. The molecule has 0 amide bonds. The molecule has 0 spiro atoms. The van der Waals surface area contributed by atoms with Crippen molar-refractivity contribution in [2.75, 3.05) is 0 Å². The monoisotopic (exact) mass is 331 g/mol. The topological polar surface area (TPSA) is 67.8 Å². The first kappa shape index (κ1) is 14.7. The number of rotatable bonds is 3. The van der Waals surface area contributed by atoms with Crippen LogP contribution in [-0.4, -0.2) is 23.2 Å². The van der Waals surface area contributed by atoms with Gasteiger partial charge < -0.3 is 0 Å². The van der Waals surface area contributed by atoms with E-state index < -0.39 is 9.84 Å². The molecule has 112 valence electrons. The summed E-state index contributed by atoms with van der Waals surface area (Å²) in [5.74, 6) is 0. The Balaban J connectivity index is 2.03. The number of H-pyrrole nitrogens is 1. The van der Waals surface area contributed by atoms with Crippen molar-refractivity contribution in [3.8, 4) is 5.69 Å². The van der Waals surface area contributed by atoms with E-state index >= 15 is 0 Å². The molecular weight excluding hydrogens is 318 g/mol. The first-order chi connectivity index (χ1) is 10.5. The molecule has 3 aromatic rings. The molecule has 22 heavy (non-hydrogen) atoms. The fourth-order valence-electron chi connectivity index (χ4n) is 2.14. The van der Waals surface area contributed by atoms with Crippen molar-refractivity contribution in [1.82, 2.24) is 14.8 Å². The highest BCUT2D eigenvalue weighted by Gasteiger charge is 2.17. The van der Waals surface area contributed by atoms with Crippen molar-refractivity contribution < 1.29 is 8.42 Å². The van der Waals surface area contributed by atoms with Gasteiger partial charge in [-0.15, -0.1) is 0 Å². The second kappa shape index (κ2) is 5.51. The quantitative estimate of drug-likeness (QED) is 0.749. The van der Waals surface area contributed by atoms with Crippen LogP contribution in [0.3, 0.4) is 0 Å². The molecule has 0 saturated carbocycles. The summed E-state index contributed by atoms with van der Waals surface area (Å²) in [6.45, 7) is 1.86. The molecule has 0 aliphatic heterocycles. The van der Waals surface area contributed by atoms with Crippen LogP contribution in [0.1, 0.15) is 5.56 Å². The third-order valence-electron chi connectivity index (χ3n) is 3.28. The molecule has 2 aromatic carbocycles. The Hall–Kier alpha value is -2.25. The molecule has 0 fully saturated rings. The summed E-state index contributed by atoms with van der Waals surface area (Å²) < 4.78 is 27.3. The Morgan fingerprint density at radius 2 is 1.82 bits per heavy atom. The number of nitrogens with zero attached hydrogens (tertiary/aromatic N) is 2. The van der Waals surface area contributed by atoms with E-state index in [1.807, 2.05) is 13.0 Å². The lowest BCUT2D eigenvalue weighted by atomic mass is 10.2. The van der Waals surface area contributed by atoms with Gasteiger partial charge in [0.2, 0.25) is 9.84 Å². The largest absolute Gasteiger partial charge is 0.275 e. The number of aromatic amines is 1. The summed E-state index contributed by atoms with van der Waals surface area (Å²) in [4.78, 5) is 0.539. The van der Waals surface area contributed by atoms with Gasteiger partial charge in [0, 0.05) is 5.69 Å². The van der Waals surface area contributed by atoms with E-state index in [1.54, 1.807) is 53.4 Å².